The number of ether oxygens (including phenoxy) is 3. The number of hydrogen-bond acceptors (Lipinski definition) is 5. The van der Waals surface area contributed by atoms with E-state index in [1.54, 1.807) is 17.0 Å². The third-order valence-electron chi connectivity index (χ3n) is 4.12. The Balaban J connectivity index is 2.30. The van der Waals surface area contributed by atoms with Gasteiger partial charge in [0.05, 0.1) is 25.9 Å². The molecule has 25 heavy (non-hydrogen) atoms. The quantitative estimate of drug-likeness (QED) is 0.758. The maximum absolute atomic E-state index is 12.9. The zero-order valence-electron chi connectivity index (χ0n) is 15.2. The van der Waals surface area contributed by atoms with E-state index in [1.807, 2.05) is 20.8 Å². The van der Waals surface area contributed by atoms with E-state index in [-0.39, 0.29) is 11.8 Å². The van der Waals surface area contributed by atoms with Gasteiger partial charge in [-0.1, -0.05) is 0 Å². The second-order valence-corrected chi connectivity index (χ2v) is 5.80. The lowest BCUT2D eigenvalue weighted by Gasteiger charge is -2.29. The fourth-order valence-corrected chi connectivity index (χ4v) is 2.91. The fourth-order valence-electron chi connectivity index (χ4n) is 2.91. The Hall–Kier alpha value is -2.42. The van der Waals surface area contributed by atoms with Crippen LogP contribution in [0.3, 0.4) is 0 Å². The summed E-state index contributed by atoms with van der Waals surface area (Å²) in [4.78, 5) is 14.7. The lowest BCUT2D eigenvalue weighted by molar-refractivity contribution is 0.0706. The Morgan fingerprint density at radius 1 is 1.08 bits per heavy atom. The molecule has 6 nitrogen and oxygen atoms in total. The van der Waals surface area contributed by atoms with E-state index in [0.29, 0.717) is 55.7 Å². The molecular formula is C19H26N2O4. The minimum absolute atomic E-state index is 0.0438. The highest BCUT2D eigenvalue weighted by Gasteiger charge is 2.25. The van der Waals surface area contributed by atoms with Gasteiger partial charge in [-0.15, -0.1) is 0 Å². The highest BCUT2D eigenvalue weighted by molar-refractivity contribution is 5.95. The summed E-state index contributed by atoms with van der Waals surface area (Å²) in [5.41, 5.74) is 0.519. The van der Waals surface area contributed by atoms with Crippen molar-refractivity contribution < 1.29 is 19.0 Å². The van der Waals surface area contributed by atoms with Gasteiger partial charge in [0, 0.05) is 24.6 Å². The molecule has 0 bridgehead atoms. The van der Waals surface area contributed by atoms with Gasteiger partial charge in [0.2, 0.25) is 5.75 Å². The second kappa shape index (κ2) is 9.16. The van der Waals surface area contributed by atoms with Gasteiger partial charge in [-0.2, -0.15) is 5.26 Å². The number of nitriles is 1. The number of nitrogens with zero attached hydrogens (tertiary/aromatic N) is 2. The molecule has 1 aromatic carbocycles. The van der Waals surface area contributed by atoms with Crippen LogP contribution < -0.4 is 14.2 Å². The van der Waals surface area contributed by atoms with Crippen molar-refractivity contribution in [3.05, 3.63) is 17.7 Å². The molecule has 1 saturated heterocycles. The van der Waals surface area contributed by atoms with Crippen LogP contribution in [-0.2, 0) is 0 Å². The van der Waals surface area contributed by atoms with E-state index in [4.69, 9.17) is 19.5 Å². The van der Waals surface area contributed by atoms with Crippen molar-refractivity contribution in [1.82, 2.24) is 4.90 Å². The molecule has 136 valence electrons. The number of likely N-dealkylation sites (tertiary alicyclic amines) is 1. The number of carbonyl (C=O) groups is 1. The largest absolute Gasteiger partial charge is 0.490 e. The molecule has 0 aliphatic carbocycles. The van der Waals surface area contributed by atoms with E-state index >= 15 is 0 Å². The van der Waals surface area contributed by atoms with Crippen LogP contribution in [0.1, 0.15) is 44.0 Å². The Kier molecular flexibility index (Phi) is 6.93. The highest BCUT2D eigenvalue weighted by Crippen LogP contribution is 2.39. The number of amides is 1. The van der Waals surface area contributed by atoms with Crippen LogP contribution in [0, 0.1) is 17.2 Å². The lowest BCUT2D eigenvalue weighted by Crippen LogP contribution is -2.38. The molecule has 0 N–H and O–H groups in total. The Bertz CT molecular complexity index is 604. The first-order valence-corrected chi connectivity index (χ1v) is 8.89. The monoisotopic (exact) mass is 346 g/mol. The molecule has 6 heteroatoms. The van der Waals surface area contributed by atoms with Crippen molar-refractivity contribution in [3.8, 4) is 23.3 Å². The van der Waals surface area contributed by atoms with Gasteiger partial charge in [-0.05, 0) is 45.7 Å². The molecule has 0 spiro atoms. The minimum Gasteiger partial charge on any atom is -0.490 e. The van der Waals surface area contributed by atoms with Gasteiger partial charge in [0.1, 0.15) is 0 Å². The first-order valence-electron chi connectivity index (χ1n) is 8.89. The summed E-state index contributed by atoms with van der Waals surface area (Å²) in [6.45, 7) is 8.28. The van der Waals surface area contributed by atoms with Crippen LogP contribution in [0.25, 0.3) is 0 Å². The van der Waals surface area contributed by atoms with Crippen LogP contribution >= 0.6 is 0 Å². The van der Waals surface area contributed by atoms with Crippen LogP contribution in [0.4, 0.5) is 0 Å². The standard InChI is InChI=1S/C19H26N2O4/c1-4-23-16-11-15(12-17(24-5-2)18(16)25-6-3)19(22)21-9-7-14(13-20)8-10-21/h11-12,14H,4-10H2,1-3H3. The third kappa shape index (κ3) is 4.56. The predicted octanol–water partition coefficient (Wildman–Crippen LogP) is 3.26. The van der Waals surface area contributed by atoms with Crippen LogP contribution in [0.5, 0.6) is 17.2 Å². The molecule has 0 saturated carbocycles. The van der Waals surface area contributed by atoms with Crippen molar-refractivity contribution >= 4 is 5.91 Å². The second-order valence-electron chi connectivity index (χ2n) is 5.80. The van der Waals surface area contributed by atoms with Crippen molar-refractivity contribution in [2.75, 3.05) is 32.9 Å². The maximum atomic E-state index is 12.9. The molecule has 0 aromatic heterocycles. The van der Waals surface area contributed by atoms with Gasteiger partial charge in [0.25, 0.3) is 5.91 Å². The van der Waals surface area contributed by atoms with Crippen molar-refractivity contribution in [1.29, 1.82) is 5.26 Å². The number of hydrogen-bond donors (Lipinski definition) is 0. The molecule has 1 aliphatic heterocycles. The predicted molar refractivity (Wildman–Crippen MR) is 94.2 cm³/mol. The van der Waals surface area contributed by atoms with Gasteiger partial charge in [-0.3, -0.25) is 4.79 Å². The lowest BCUT2D eigenvalue weighted by atomic mass is 9.98. The van der Waals surface area contributed by atoms with E-state index in [9.17, 15) is 4.79 Å². The summed E-state index contributed by atoms with van der Waals surface area (Å²) in [5, 5.41) is 9.00. The maximum Gasteiger partial charge on any atom is 0.254 e. The number of benzene rings is 1. The number of rotatable bonds is 7. The molecule has 0 unspecified atom stereocenters. The summed E-state index contributed by atoms with van der Waals surface area (Å²) in [7, 11) is 0. The average Bonchev–Trinajstić information content (AvgIpc) is 2.64. The molecule has 1 fully saturated rings. The van der Waals surface area contributed by atoms with Crippen molar-refractivity contribution in [3.63, 3.8) is 0 Å². The van der Waals surface area contributed by atoms with E-state index < -0.39 is 0 Å². The van der Waals surface area contributed by atoms with Crippen LogP contribution in [0.2, 0.25) is 0 Å². The summed E-state index contributed by atoms with van der Waals surface area (Å²) in [6, 6.07) is 5.72. The normalized spacial score (nSPS) is 14.7. The minimum atomic E-state index is -0.0682. The molecular weight excluding hydrogens is 320 g/mol. The van der Waals surface area contributed by atoms with Crippen LogP contribution in [0.15, 0.2) is 12.1 Å². The first-order chi connectivity index (χ1) is 12.1. The first kappa shape index (κ1) is 18.9. The van der Waals surface area contributed by atoms with E-state index in [2.05, 4.69) is 6.07 Å². The van der Waals surface area contributed by atoms with Gasteiger partial charge >= 0.3 is 0 Å². The molecule has 0 atom stereocenters. The van der Waals surface area contributed by atoms with Crippen molar-refractivity contribution in [2.45, 2.75) is 33.6 Å². The van der Waals surface area contributed by atoms with E-state index in [0.717, 1.165) is 12.8 Å². The Morgan fingerprint density at radius 2 is 1.60 bits per heavy atom. The zero-order chi connectivity index (χ0) is 18.2. The highest BCUT2D eigenvalue weighted by atomic mass is 16.5. The van der Waals surface area contributed by atoms with Gasteiger partial charge in [-0.25, -0.2) is 0 Å². The van der Waals surface area contributed by atoms with Crippen molar-refractivity contribution in [2.24, 2.45) is 5.92 Å². The van der Waals surface area contributed by atoms with Gasteiger partial charge < -0.3 is 19.1 Å². The van der Waals surface area contributed by atoms with E-state index in [1.165, 1.54) is 0 Å². The molecule has 2 rings (SSSR count). The summed E-state index contributed by atoms with van der Waals surface area (Å²) < 4.78 is 17.0. The fraction of sp³-hybridized carbons (Fsp3) is 0.579. The molecule has 1 aliphatic rings. The summed E-state index contributed by atoms with van der Waals surface area (Å²) in [5.74, 6) is 1.55. The smallest absolute Gasteiger partial charge is 0.254 e. The average molecular weight is 346 g/mol. The van der Waals surface area contributed by atoms with Gasteiger partial charge in [0.15, 0.2) is 11.5 Å². The summed E-state index contributed by atoms with van der Waals surface area (Å²) in [6.07, 6.45) is 1.44. The number of carbonyl (C=O) groups excluding carboxylic acids is 1. The van der Waals surface area contributed by atoms with Crippen LogP contribution in [-0.4, -0.2) is 43.7 Å². The topological polar surface area (TPSA) is 71.8 Å². The Labute approximate surface area is 149 Å². The molecule has 1 heterocycles. The molecule has 1 aromatic rings. The third-order valence-corrected chi connectivity index (χ3v) is 4.12. The molecule has 0 radical (unpaired) electrons. The number of piperidine rings is 1. The zero-order valence-corrected chi connectivity index (χ0v) is 15.2. The SMILES string of the molecule is CCOc1cc(C(=O)N2CCC(C#N)CC2)cc(OCC)c1OCC. The molecule has 1 amide bonds. The summed E-state index contributed by atoms with van der Waals surface area (Å²) >= 11 is 0. The Morgan fingerprint density at radius 3 is 2.04 bits per heavy atom.